The molecule has 0 aromatic carbocycles. The fourth-order valence-electron chi connectivity index (χ4n) is 4.23. The number of rotatable bonds is 3. The van der Waals surface area contributed by atoms with Crippen molar-refractivity contribution in [1.29, 1.82) is 0 Å². The molecule has 0 saturated carbocycles. The number of amides is 1. The largest absolute Gasteiger partial charge is 0.490 e. The van der Waals surface area contributed by atoms with Gasteiger partial charge >= 0.3 is 12.1 Å². The quantitative estimate of drug-likeness (QED) is 0.695. The summed E-state index contributed by atoms with van der Waals surface area (Å²) >= 11 is 1.60. The number of carboxylic acid groups (broad SMARTS) is 1. The molecule has 176 valence electrons. The number of likely N-dealkylation sites (tertiary alicyclic amines) is 2. The Morgan fingerprint density at radius 3 is 2.16 bits per heavy atom. The lowest BCUT2D eigenvalue weighted by Gasteiger charge is -2.46. The molecule has 6 nitrogen and oxygen atoms in total. The van der Waals surface area contributed by atoms with Gasteiger partial charge in [0.25, 0.3) is 5.91 Å². The van der Waals surface area contributed by atoms with Gasteiger partial charge in [0.2, 0.25) is 0 Å². The van der Waals surface area contributed by atoms with Gasteiger partial charge in [0, 0.05) is 18.5 Å². The zero-order valence-corrected chi connectivity index (χ0v) is 18.7. The van der Waals surface area contributed by atoms with E-state index in [1.807, 2.05) is 34.7 Å². The zero-order chi connectivity index (χ0) is 23.4. The van der Waals surface area contributed by atoms with Crippen LogP contribution >= 0.6 is 11.3 Å². The van der Waals surface area contributed by atoms with Crippen molar-refractivity contribution in [2.75, 3.05) is 26.2 Å². The summed E-state index contributed by atoms with van der Waals surface area (Å²) in [5, 5.41) is 11.1. The minimum Gasteiger partial charge on any atom is -0.475 e. The molecule has 0 bridgehead atoms. The molecule has 0 radical (unpaired) electrons. The van der Waals surface area contributed by atoms with Crippen molar-refractivity contribution >= 4 is 23.2 Å². The lowest BCUT2D eigenvalue weighted by atomic mass is 9.71. The Bertz CT molecular complexity index is 893. The summed E-state index contributed by atoms with van der Waals surface area (Å²) in [6.45, 7) is 7.02. The lowest BCUT2D eigenvalue weighted by Crippen LogP contribution is -2.48. The van der Waals surface area contributed by atoms with E-state index < -0.39 is 12.1 Å². The van der Waals surface area contributed by atoms with Gasteiger partial charge in [-0.3, -0.25) is 9.69 Å². The second-order valence-corrected chi connectivity index (χ2v) is 9.18. The summed E-state index contributed by atoms with van der Waals surface area (Å²) in [6, 6.07) is 6.07. The number of carboxylic acids is 1. The fourth-order valence-corrected chi connectivity index (χ4v) is 4.86. The highest BCUT2D eigenvalue weighted by atomic mass is 32.1. The molecule has 32 heavy (non-hydrogen) atoms. The van der Waals surface area contributed by atoms with Crippen LogP contribution < -0.4 is 0 Å². The van der Waals surface area contributed by atoms with E-state index in [4.69, 9.17) is 14.3 Å². The maximum Gasteiger partial charge on any atom is 0.490 e. The molecule has 4 heterocycles. The summed E-state index contributed by atoms with van der Waals surface area (Å²) in [5.74, 6) is -0.481. The summed E-state index contributed by atoms with van der Waals surface area (Å²) in [4.78, 5) is 26.0. The predicted molar refractivity (Wildman–Crippen MR) is 114 cm³/mol. The van der Waals surface area contributed by atoms with Gasteiger partial charge in [0.15, 0.2) is 0 Å². The van der Waals surface area contributed by atoms with Gasteiger partial charge in [0.1, 0.15) is 11.5 Å². The third kappa shape index (κ3) is 6.35. The highest BCUT2D eigenvalue weighted by Crippen LogP contribution is 2.41. The van der Waals surface area contributed by atoms with Crippen LogP contribution in [0.5, 0.6) is 0 Å². The maximum atomic E-state index is 12.5. The molecule has 2 fully saturated rings. The third-order valence-corrected chi connectivity index (χ3v) is 6.90. The van der Waals surface area contributed by atoms with E-state index in [-0.39, 0.29) is 5.91 Å². The van der Waals surface area contributed by atoms with Crippen LogP contribution in [0.25, 0.3) is 0 Å². The van der Waals surface area contributed by atoms with E-state index in [9.17, 15) is 18.0 Å². The molecule has 0 aliphatic carbocycles. The van der Waals surface area contributed by atoms with Crippen molar-refractivity contribution in [3.05, 3.63) is 46.0 Å². The molecule has 0 unspecified atom stereocenters. The van der Waals surface area contributed by atoms with Crippen molar-refractivity contribution < 1.29 is 32.3 Å². The molecule has 2 aromatic heterocycles. The molecule has 1 N–H and O–H groups in total. The molecule has 2 saturated heterocycles. The van der Waals surface area contributed by atoms with Crippen LogP contribution in [-0.2, 0) is 11.3 Å². The normalized spacial score (nSPS) is 18.8. The number of hydrogen-bond donors (Lipinski definition) is 1. The fraction of sp³-hybridized carbons (Fsp3) is 0.545. The van der Waals surface area contributed by atoms with Crippen molar-refractivity contribution in [2.45, 2.75) is 45.3 Å². The number of furan rings is 1. The molecule has 10 heteroatoms. The average Bonchev–Trinajstić information content (AvgIpc) is 3.42. The van der Waals surface area contributed by atoms with Crippen LogP contribution in [0.4, 0.5) is 13.2 Å². The summed E-state index contributed by atoms with van der Waals surface area (Å²) in [6.07, 6.45) is -0.298. The molecule has 1 amide bonds. The summed E-state index contributed by atoms with van der Waals surface area (Å²) in [5.41, 5.74) is 1.30. The second kappa shape index (κ2) is 10.1. The van der Waals surface area contributed by atoms with E-state index in [0.29, 0.717) is 5.41 Å². The van der Waals surface area contributed by atoms with E-state index in [2.05, 4.69) is 11.0 Å². The number of piperidine rings is 2. The first-order valence-corrected chi connectivity index (χ1v) is 11.4. The van der Waals surface area contributed by atoms with Crippen LogP contribution in [0.2, 0.25) is 0 Å². The molecule has 1 spiro atoms. The molecule has 4 rings (SSSR count). The van der Waals surface area contributed by atoms with Gasteiger partial charge < -0.3 is 14.4 Å². The first-order valence-electron chi connectivity index (χ1n) is 10.5. The topological polar surface area (TPSA) is 74.0 Å². The van der Waals surface area contributed by atoms with Gasteiger partial charge in [0.05, 0.1) is 12.1 Å². The monoisotopic (exact) mass is 472 g/mol. The third-order valence-electron chi connectivity index (χ3n) is 6.21. The number of thiophene rings is 1. The number of alkyl halides is 3. The average molecular weight is 473 g/mol. The molecular formula is C22H27F3N2O4S. The Kier molecular flexibility index (Phi) is 7.66. The van der Waals surface area contributed by atoms with Crippen molar-refractivity contribution in [1.82, 2.24) is 9.80 Å². The number of aliphatic carboxylic acids is 1. The summed E-state index contributed by atoms with van der Waals surface area (Å²) < 4.78 is 37.5. The minimum atomic E-state index is -5.08. The highest BCUT2D eigenvalue weighted by molar-refractivity contribution is 7.08. The Balaban J connectivity index is 0.000000360. The second-order valence-electron chi connectivity index (χ2n) is 8.40. The first kappa shape index (κ1) is 24.3. The number of aryl methyl sites for hydroxylation is 1. The number of hydrogen-bond acceptors (Lipinski definition) is 5. The van der Waals surface area contributed by atoms with Crippen LogP contribution in [0.1, 0.15) is 47.6 Å². The Hall–Kier alpha value is -2.33. The molecule has 0 atom stereocenters. The Morgan fingerprint density at radius 1 is 1.09 bits per heavy atom. The summed E-state index contributed by atoms with van der Waals surface area (Å²) in [7, 11) is 0. The van der Waals surface area contributed by atoms with Gasteiger partial charge in [-0.2, -0.15) is 24.5 Å². The lowest BCUT2D eigenvalue weighted by molar-refractivity contribution is -0.192. The molecular weight excluding hydrogens is 445 g/mol. The van der Waals surface area contributed by atoms with Crippen LogP contribution in [0.15, 0.2) is 33.4 Å². The van der Waals surface area contributed by atoms with Gasteiger partial charge in [-0.1, -0.05) is 0 Å². The van der Waals surface area contributed by atoms with E-state index >= 15 is 0 Å². The minimum absolute atomic E-state index is 0.210. The Labute approximate surface area is 188 Å². The zero-order valence-electron chi connectivity index (χ0n) is 17.9. The van der Waals surface area contributed by atoms with Crippen molar-refractivity contribution in [3.8, 4) is 0 Å². The number of carbonyl (C=O) groups is 2. The van der Waals surface area contributed by atoms with Crippen molar-refractivity contribution in [3.63, 3.8) is 0 Å². The van der Waals surface area contributed by atoms with Gasteiger partial charge in [-0.25, -0.2) is 4.79 Å². The smallest absolute Gasteiger partial charge is 0.475 e. The Morgan fingerprint density at radius 2 is 1.69 bits per heavy atom. The maximum absolute atomic E-state index is 12.5. The highest BCUT2D eigenvalue weighted by Gasteiger charge is 2.39. The first-order chi connectivity index (χ1) is 15.1. The van der Waals surface area contributed by atoms with E-state index in [1.54, 1.807) is 11.3 Å². The van der Waals surface area contributed by atoms with Crippen LogP contribution in [-0.4, -0.2) is 59.1 Å². The van der Waals surface area contributed by atoms with Crippen molar-refractivity contribution in [2.24, 2.45) is 5.41 Å². The number of carbonyl (C=O) groups excluding carboxylic acids is 1. The molecule has 2 aromatic rings. The van der Waals surface area contributed by atoms with E-state index in [1.165, 1.54) is 12.8 Å². The standard InChI is InChI=1S/C20H26N2O2S.C2HF3O2/c1-16-2-3-18(24-16)14-21-9-5-20(6-10-21)7-11-22(12-8-20)19(23)17-4-13-25-15-17;3-2(4,5)1(6)7/h2-4,13,15H,5-12,14H2,1H3;(H,6,7). The number of nitrogens with zero attached hydrogens (tertiary/aromatic N) is 2. The number of halogens is 3. The van der Waals surface area contributed by atoms with Gasteiger partial charge in [-0.15, -0.1) is 0 Å². The van der Waals surface area contributed by atoms with Crippen LogP contribution in [0, 0.1) is 12.3 Å². The van der Waals surface area contributed by atoms with E-state index in [0.717, 1.165) is 62.6 Å². The van der Waals surface area contributed by atoms with Gasteiger partial charge in [-0.05, 0) is 74.7 Å². The SMILES string of the molecule is Cc1ccc(CN2CCC3(CC2)CCN(C(=O)c2ccsc2)CC3)o1.O=C(O)C(F)(F)F. The molecule has 2 aliphatic heterocycles. The van der Waals surface area contributed by atoms with Crippen LogP contribution in [0.3, 0.4) is 0 Å². The predicted octanol–water partition coefficient (Wildman–Crippen LogP) is 4.80. The molecule has 2 aliphatic rings.